The summed E-state index contributed by atoms with van der Waals surface area (Å²) in [5, 5.41) is 12.1. The summed E-state index contributed by atoms with van der Waals surface area (Å²) in [6, 6.07) is 0.628. The summed E-state index contributed by atoms with van der Waals surface area (Å²) in [6.45, 7) is 7.57. The van der Waals surface area contributed by atoms with Gasteiger partial charge in [0.1, 0.15) is 0 Å². The van der Waals surface area contributed by atoms with Crippen molar-refractivity contribution >= 4 is 0 Å². The SMILES string of the molecule is CCC(C)NCCCN(C)CCO. The lowest BCUT2D eigenvalue weighted by atomic mass is 10.2. The number of aliphatic hydroxyl groups is 1. The number of likely N-dealkylation sites (N-methyl/N-ethyl adjacent to an activating group) is 1. The highest BCUT2D eigenvalue weighted by Crippen LogP contribution is 1.89. The minimum atomic E-state index is 0.259. The van der Waals surface area contributed by atoms with Crippen LogP contribution in [0.2, 0.25) is 0 Å². The third-order valence-electron chi connectivity index (χ3n) is 2.30. The van der Waals surface area contributed by atoms with Gasteiger partial charge in [0.25, 0.3) is 0 Å². The first kappa shape index (κ1) is 12.9. The van der Waals surface area contributed by atoms with Crippen molar-refractivity contribution in [3.63, 3.8) is 0 Å². The third-order valence-corrected chi connectivity index (χ3v) is 2.30. The van der Waals surface area contributed by atoms with Gasteiger partial charge in [-0.25, -0.2) is 0 Å². The van der Waals surface area contributed by atoms with E-state index in [2.05, 4.69) is 24.1 Å². The zero-order valence-corrected chi connectivity index (χ0v) is 9.21. The smallest absolute Gasteiger partial charge is 0.0558 e. The van der Waals surface area contributed by atoms with Gasteiger partial charge < -0.3 is 15.3 Å². The first-order valence-corrected chi connectivity index (χ1v) is 5.23. The van der Waals surface area contributed by atoms with Crippen LogP contribution >= 0.6 is 0 Å². The molecule has 0 saturated heterocycles. The van der Waals surface area contributed by atoms with Crippen LogP contribution in [0.3, 0.4) is 0 Å². The zero-order chi connectivity index (χ0) is 10.1. The molecule has 0 fully saturated rings. The fourth-order valence-electron chi connectivity index (χ4n) is 1.12. The summed E-state index contributed by atoms with van der Waals surface area (Å²) in [4.78, 5) is 2.15. The quantitative estimate of drug-likeness (QED) is 0.550. The van der Waals surface area contributed by atoms with Gasteiger partial charge in [-0.05, 0) is 39.9 Å². The molecular formula is C10H24N2O. The van der Waals surface area contributed by atoms with E-state index in [-0.39, 0.29) is 6.61 Å². The topological polar surface area (TPSA) is 35.5 Å². The zero-order valence-electron chi connectivity index (χ0n) is 9.21. The van der Waals surface area contributed by atoms with Crippen molar-refractivity contribution in [1.29, 1.82) is 0 Å². The van der Waals surface area contributed by atoms with Crippen molar-refractivity contribution < 1.29 is 5.11 Å². The molecule has 0 spiro atoms. The van der Waals surface area contributed by atoms with Crippen molar-refractivity contribution in [3.05, 3.63) is 0 Å². The maximum atomic E-state index is 8.66. The van der Waals surface area contributed by atoms with E-state index in [1.54, 1.807) is 0 Å². The van der Waals surface area contributed by atoms with Gasteiger partial charge in [0.15, 0.2) is 0 Å². The van der Waals surface area contributed by atoms with Gasteiger partial charge >= 0.3 is 0 Å². The van der Waals surface area contributed by atoms with Crippen LogP contribution in [-0.2, 0) is 0 Å². The number of aliphatic hydroxyl groups excluding tert-OH is 1. The molecule has 2 N–H and O–H groups in total. The Morgan fingerprint density at radius 1 is 1.38 bits per heavy atom. The lowest BCUT2D eigenvalue weighted by Gasteiger charge is -2.16. The summed E-state index contributed by atoms with van der Waals surface area (Å²) in [7, 11) is 2.04. The largest absolute Gasteiger partial charge is 0.395 e. The summed E-state index contributed by atoms with van der Waals surface area (Å²) >= 11 is 0. The van der Waals surface area contributed by atoms with Crippen molar-refractivity contribution in [2.24, 2.45) is 0 Å². The number of hydrogen-bond acceptors (Lipinski definition) is 3. The molecule has 3 nitrogen and oxygen atoms in total. The van der Waals surface area contributed by atoms with Crippen molar-refractivity contribution in [1.82, 2.24) is 10.2 Å². The second-order valence-corrected chi connectivity index (χ2v) is 3.64. The molecule has 0 rings (SSSR count). The number of rotatable bonds is 8. The Labute approximate surface area is 82.1 Å². The van der Waals surface area contributed by atoms with E-state index < -0.39 is 0 Å². The molecule has 0 heterocycles. The number of nitrogens with zero attached hydrogens (tertiary/aromatic N) is 1. The van der Waals surface area contributed by atoms with Crippen LogP contribution < -0.4 is 5.32 Å². The highest BCUT2D eigenvalue weighted by Gasteiger charge is 1.98. The second kappa shape index (κ2) is 8.48. The Morgan fingerprint density at radius 3 is 2.62 bits per heavy atom. The molecule has 0 aromatic rings. The highest BCUT2D eigenvalue weighted by molar-refractivity contribution is 4.59. The van der Waals surface area contributed by atoms with E-state index in [0.29, 0.717) is 6.04 Å². The lowest BCUT2D eigenvalue weighted by molar-refractivity contribution is 0.219. The van der Waals surface area contributed by atoms with Crippen LogP contribution in [-0.4, -0.2) is 49.3 Å². The number of nitrogens with one attached hydrogen (secondary N) is 1. The standard InChI is InChI=1S/C10H24N2O/c1-4-10(2)11-6-5-7-12(3)8-9-13/h10-11,13H,4-9H2,1-3H3. The average Bonchev–Trinajstić information content (AvgIpc) is 2.12. The predicted molar refractivity (Wildman–Crippen MR) is 57.0 cm³/mol. The minimum absolute atomic E-state index is 0.259. The van der Waals surface area contributed by atoms with Crippen LogP contribution in [0.5, 0.6) is 0 Å². The first-order chi connectivity index (χ1) is 6.20. The van der Waals surface area contributed by atoms with Crippen LogP contribution in [0.25, 0.3) is 0 Å². The summed E-state index contributed by atoms with van der Waals surface area (Å²) < 4.78 is 0. The molecule has 0 bridgehead atoms. The average molecular weight is 188 g/mol. The Bertz CT molecular complexity index is 109. The minimum Gasteiger partial charge on any atom is -0.395 e. The van der Waals surface area contributed by atoms with Crippen molar-refractivity contribution in [2.45, 2.75) is 32.7 Å². The van der Waals surface area contributed by atoms with Gasteiger partial charge in [-0.3, -0.25) is 0 Å². The molecule has 0 aliphatic rings. The number of hydrogen-bond donors (Lipinski definition) is 2. The molecule has 0 amide bonds. The molecular weight excluding hydrogens is 164 g/mol. The Balaban J connectivity index is 3.15. The van der Waals surface area contributed by atoms with Crippen LogP contribution in [0.4, 0.5) is 0 Å². The van der Waals surface area contributed by atoms with Gasteiger partial charge in [-0.1, -0.05) is 6.92 Å². The monoisotopic (exact) mass is 188 g/mol. The Morgan fingerprint density at radius 2 is 2.08 bits per heavy atom. The van der Waals surface area contributed by atoms with Gasteiger partial charge in [0, 0.05) is 12.6 Å². The van der Waals surface area contributed by atoms with E-state index in [0.717, 1.165) is 26.1 Å². The van der Waals surface area contributed by atoms with Crippen molar-refractivity contribution in [3.8, 4) is 0 Å². The van der Waals surface area contributed by atoms with Gasteiger partial charge in [0.05, 0.1) is 6.61 Å². The van der Waals surface area contributed by atoms with E-state index in [4.69, 9.17) is 5.11 Å². The maximum absolute atomic E-state index is 8.66. The molecule has 0 aromatic carbocycles. The molecule has 0 saturated carbocycles. The molecule has 1 unspecified atom stereocenters. The molecule has 0 aromatic heterocycles. The molecule has 13 heavy (non-hydrogen) atoms. The van der Waals surface area contributed by atoms with E-state index >= 15 is 0 Å². The Kier molecular flexibility index (Phi) is 8.40. The predicted octanol–water partition coefficient (Wildman–Crippen LogP) is 0.689. The highest BCUT2D eigenvalue weighted by atomic mass is 16.3. The molecule has 0 aliphatic carbocycles. The second-order valence-electron chi connectivity index (χ2n) is 3.64. The van der Waals surface area contributed by atoms with Gasteiger partial charge in [-0.15, -0.1) is 0 Å². The summed E-state index contributed by atoms with van der Waals surface area (Å²) in [5.74, 6) is 0. The fraction of sp³-hybridized carbons (Fsp3) is 1.00. The first-order valence-electron chi connectivity index (χ1n) is 5.23. The fourth-order valence-corrected chi connectivity index (χ4v) is 1.12. The van der Waals surface area contributed by atoms with E-state index in [9.17, 15) is 0 Å². The van der Waals surface area contributed by atoms with E-state index in [1.165, 1.54) is 6.42 Å². The van der Waals surface area contributed by atoms with Crippen LogP contribution in [0.15, 0.2) is 0 Å². The third kappa shape index (κ3) is 8.22. The van der Waals surface area contributed by atoms with Crippen LogP contribution in [0, 0.1) is 0 Å². The van der Waals surface area contributed by atoms with E-state index in [1.807, 2.05) is 7.05 Å². The normalized spacial score (nSPS) is 13.6. The summed E-state index contributed by atoms with van der Waals surface area (Å²) in [6.07, 6.45) is 2.34. The van der Waals surface area contributed by atoms with Gasteiger partial charge in [-0.2, -0.15) is 0 Å². The molecule has 0 aliphatic heterocycles. The van der Waals surface area contributed by atoms with Crippen LogP contribution in [0.1, 0.15) is 26.7 Å². The van der Waals surface area contributed by atoms with Gasteiger partial charge in [0.2, 0.25) is 0 Å². The van der Waals surface area contributed by atoms with Crippen molar-refractivity contribution in [2.75, 3.05) is 33.3 Å². The molecule has 3 heteroatoms. The molecule has 1 atom stereocenters. The maximum Gasteiger partial charge on any atom is 0.0558 e. The molecule has 0 radical (unpaired) electrons. The lowest BCUT2D eigenvalue weighted by Crippen LogP contribution is -2.30. The Hall–Kier alpha value is -0.120. The summed E-state index contributed by atoms with van der Waals surface area (Å²) in [5.41, 5.74) is 0. The molecule has 80 valence electrons.